The van der Waals surface area contributed by atoms with Crippen LogP contribution in [0, 0.1) is 0 Å². The minimum absolute atomic E-state index is 0.104. The number of hydrogen-bond acceptors (Lipinski definition) is 5. The third-order valence-electron chi connectivity index (χ3n) is 3.64. The molecule has 0 aromatic carbocycles. The van der Waals surface area contributed by atoms with Crippen LogP contribution in [0.3, 0.4) is 0 Å². The molecule has 1 aliphatic heterocycles. The first-order valence-electron chi connectivity index (χ1n) is 6.65. The van der Waals surface area contributed by atoms with Crippen molar-refractivity contribution in [3.8, 4) is 0 Å². The molecular weight excluding hydrogens is 260 g/mol. The molecule has 2 rings (SSSR count). The predicted octanol–water partition coefficient (Wildman–Crippen LogP) is 1.24. The van der Waals surface area contributed by atoms with Crippen molar-refractivity contribution in [2.45, 2.75) is 13.3 Å². The van der Waals surface area contributed by atoms with Crippen LogP contribution in [0.1, 0.15) is 23.1 Å². The molecular formula is C13H22N4OS. The quantitative estimate of drug-likeness (QED) is 0.834. The maximum Gasteiger partial charge on any atom is 0.237 e. The summed E-state index contributed by atoms with van der Waals surface area (Å²) in [4.78, 5) is 21.3. The number of carbonyl (C=O) groups excluding carboxylic acids is 1. The van der Waals surface area contributed by atoms with E-state index in [0.717, 1.165) is 49.9 Å². The number of likely N-dealkylation sites (N-methyl/N-ethyl adjacent to an activating group) is 1. The van der Waals surface area contributed by atoms with E-state index in [1.54, 1.807) is 0 Å². The van der Waals surface area contributed by atoms with E-state index in [9.17, 15) is 4.79 Å². The van der Waals surface area contributed by atoms with Gasteiger partial charge >= 0.3 is 0 Å². The van der Waals surface area contributed by atoms with Crippen LogP contribution >= 0.6 is 11.8 Å². The van der Waals surface area contributed by atoms with Crippen molar-refractivity contribution in [3.05, 3.63) is 11.4 Å². The molecule has 6 heteroatoms. The molecule has 0 unspecified atom stereocenters. The molecule has 0 bridgehead atoms. The molecule has 1 saturated heterocycles. The molecule has 1 aliphatic rings. The zero-order valence-corrected chi connectivity index (χ0v) is 13.0. The monoisotopic (exact) mass is 282 g/mol. The number of nitrogens with zero attached hydrogens (tertiary/aromatic N) is 4. The van der Waals surface area contributed by atoms with Gasteiger partial charge in [0.2, 0.25) is 11.1 Å². The van der Waals surface area contributed by atoms with Gasteiger partial charge in [-0.15, -0.1) is 0 Å². The lowest BCUT2D eigenvalue weighted by atomic mass is 10.3. The van der Waals surface area contributed by atoms with Gasteiger partial charge in [-0.1, -0.05) is 18.7 Å². The van der Waals surface area contributed by atoms with Crippen molar-refractivity contribution < 1.29 is 4.79 Å². The minimum atomic E-state index is 0.104. The molecule has 5 nitrogen and oxygen atoms in total. The maximum absolute atomic E-state index is 12.0. The van der Waals surface area contributed by atoms with Crippen molar-refractivity contribution in [1.82, 2.24) is 14.5 Å². The Bertz CT molecular complexity index is 463. The molecule has 0 aliphatic carbocycles. The number of hydrogen-bond donors (Lipinski definition) is 0. The van der Waals surface area contributed by atoms with Crippen LogP contribution in [0.25, 0.3) is 0 Å². The highest BCUT2D eigenvalue weighted by atomic mass is 32.2. The Morgan fingerprint density at radius 1 is 1.26 bits per heavy atom. The number of rotatable bonds is 3. The van der Waals surface area contributed by atoms with Gasteiger partial charge in [0.15, 0.2) is 0 Å². The summed E-state index contributed by atoms with van der Waals surface area (Å²) in [5.74, 6) is 0.933. The Labute approximate surface area is 119 Å². The first-order chi connectivity index (χ1) is 9.08. The van der Waals surface area contributed by atoms with Crippen LogP contribution in [0.2, 0.25) is 0 Å². The third-order valence-corrected chi connectivity index (χ3v) is 4.21. The van der Waals surface area contributed by atoms with Gasteiger partial charge in [0, 0.05) is 33.2 Å². The summed E-state index contributed by atoms with van der Waals surface area (Å²) in [6.45, 7) is 6.07. The number of aryl methyl sites for hydroxylation is 1. The number of anilines is 1. The Morgan fingerprint density at radius 2 is 1.89 bits per heavy atom. The lowest BCUT2D eigenvalue weighted by molar-refractivity contribution is 0.108. The molecule has 1 aromatic rings. The van der Waals surface area contributed by atoms with Crippen LogP contribution in [0.5, 0.6) is 0 Å². The highest BCUT2D eigenvalue weighted by Crippen LogP contribution is 2.23. The van der Waals surface area contributed by atoms with Crippen molar-refractivity contribution in [1.29, 1.82) is 0 Å². The lowest BCUT2D eigenvalue weighted by Crippen LogP contribution is -2.45. The Balaban J connectivity index is 2.31. The van der Waals surface area contributed by atoms with Gasteiger partial charge in [0.05, 0.1) is 5.69 Å². The van der Waals surface area contributed by atoms with Crippen molar-refractivity contribution in [3.63, 3.8) is 0 Å². The van der Waals surface area contributed by atoms with Crippen molar-refractivity contribution >= 4 is 22.8 Å². The Kier molecular flexibility index (Phi) is 4.52. The zero-order valence-electron chi connectivity index (χ0n) is 12.1. The fraction of sp³-hybridized carbons (Fsp3) is 0.692. The van der Waals surface area contributed by atoms with E-state index in [1.165, 1.54) is 11.8 Å². The fourth-order valence-electron chi connectivity index (χ4n) is 2.43. The lowest BCUT2D eigenvalue weighted by Gasteiger charge is -2.33. The summed E-state index contributed by atoms with van der Waals surface area (Å²) >= 11 is 1.26. The van der Waals surface area contributed by atoms with Crippen molar-refractivity contribution in [2.75, 3.05) is 44.4 Å². The number of carbonyl (C=O) groups is 1. The number of aromatic nitrogens is 2. The van der Waals surface area contributed by atoms with Gasteiger partial charge in [-0.25, -0.2) is 4.98 Å². The summed E-state index contributed by atoms with van der Waals surface area (Å²) in [7, 11) is 4.08. The van der Waals surface area contributed by atoms with Gasteiger partial charge in [-0.05, 0) is 19.7 Å². The Morgan fingerprint density at radius 3 is 2.42 bits per heavy atom. The van der Waals surface area contributed by atoms with E-state index in [1.807, 2.05) is 24.8 Å². The van der Waals surface area contributed by atoms with Crippen LogP contribution in [-0.4, -0.2) is 59.0 Å². The van der Waals surface area contributed by atoms with E-state index < -0.39 is 0 Å². The van der Waals surface area contributed by atoms with Crippen LogP contribution in [-0.2, 0) is 13.5 Å². The second-order valence-electron chi connectivity index (χ2n) is 4.90. The predicted molar refractivity (Wildman–Crippen MR) is 80.1 cm³/mol. The standard InChI is InChI=1S/C13H22N4OS/c1-5-10-11(12(18)19-4)16(3)13(14-10)17-8-6-15(2)7-9-17/h5-9H2,1-4H3. The summed E-state index contributed by atoms with van der Waals surface area (Å²) < 4.78 is 1.96. The molecule has 106 valence electrons. The topological polar surface area (TPSA) is 41.4 Å². The molecule has 0 saturated carbocycles. The number of thioether (sulfide) groups is 1. The molecule has 19 heavy (non-hydrogen) atoms. The fourth-order valence-corrected chi connectivity index (χ4v) is 2.88. The molecule has 0 radical (unpaired) electrons. The molecule has 0 N–H and O–H groups in total. The van der Waals surface area contributed by atoms with Gasteiger partial charge in [0.25, 0.3) is 0 Å². The first-order valence-corrected chi connectivity index (χ1v) is 7.88. The second-order valence-corrected chi connectivity index (χ2v) is 5.68. The van der Waals surface area contributed by atoms with Gasteiger partial charge in [-0.3, -0.25) is 4.79 Å². The molecule has 0 atom stereocenters. The van der Waals surface area contributed by atoms with Gasteiger partial charge in [-0.2, -0.15) is 0 Å². The van der Waals surface area contributed by atoms with Crippen molar-refractivity contribution in [2.24, 2.45) is 7.05 Å². The third kappa shape index (κ3) is 2.79. The smallest absolute Gasteiger partial charge is 0.237 e. The summed E-state index contributed by atoms with van der Waals surface area (Å²) in [5, 5.41) is 0.104. The highest BCUT2D eigenvalue weighted by molar-refractivity contribution is 8.13. The second kappa shape index (κ2) is 5.96. The molecule has 1 fully saturated rings. The zero-order chi connectivity index (χ0) is 14.0. The SMILES string of the molecule is CCc1nc(N2CCN(C)CC2)n(C)c1C(=O)SC. The molecule has 0 amide bonds. The average molecular weight is 282 g/mol. The van der Waals surface area contributed by atoms with Crippen LogP contribution in [0.15, 0.2) is 0 Å². The molecule has 2 heterocycles. The molecule has 1 aromatic heterocycles. The normalized spacial score (nSPS) is 16.9. The van der Waals surface area contributed by atoms with Crippen LogP contribution in [0.4, 0.5) is 5.95 Å². The number of piperazine rings is 1. The average Bonchev–Trinajstić information content (AvgIpc) is 2.76. The van der Waals surface area contributed by atoms with E-state index in [4.69, 9.17) is 0 Å². The van der Waals surface area contributed by atoms with E-state index in [-0.39, 0.29) is 5.12 Å². The van der Waals surface area contributed by atoms with Crippen LogP contribution < -0.4 is 4.90 Å². The first kappa shape index (κ1) is 14.4. The Hall–Kier alpha value is -1.01. The van der Waals surface area contributed by atoms with E-state index in [2.05, 4.69) is 21.8 Å². The summed E-state index contributed by atoms with van der Waals surface area (Å²) in [5.41, 5.74) is 1.67. The summed E-state index contributed by atoms with van der Waals surface area (Å²) in [6, 6.07) is 0. The maximum atomic E-state index is 12.0. The highest BCUT2D eigenvalue weighted by Gasteiger charge is 2.24. The van der Waals surface area contributed by atoms with E-state index in [0.29, 0.717) is 0 Å². The minimum Gasteiger partial charge on any atom is -0.340 e. The summed E-state index contributed by atoms with van der Waals surface area (Å²) in [6.07, 6.45) is 2.62. The molecule has 0 spiro atoms. The number of imidazole rings is 1. The van der Waals surface area contributed by atoms with Gasteiger partial charge in [0.1, 0.15) is 5.69 Å². The largest absolute Gasteiger partial charge is 0.340 e. The van der Waals surface area contributed by atoms with E-state index >= 15 is 0 Å². The van der Waals surface area contributed by atoms with Gasteiger partial charge < -0.3 is 14.4 Å².